The van der Waals surface area contributed by atoms with Crippen LogP contribution in [-0.2, 0) is 13.5 Å². The van der Waals surface area contributed by atoms with Crippen LogP contribution in [0, 0.1) is 13.8 Å². The van der Waals surface area contributed by atoms with Gasteiger partial charge in [0, 0.05) is 37.4 Å². The lowest BCUT2D eigenvalue weighted by Gasteiger charge is -2.37. The number of aromatic nitrogens is 2. The zero-order valence-electron chi connectivity index (χ0n) is 18.5. The highest BCUT2D eigenvalue weighted by atomic mass is 15.3. The second kappa shape index (κ2) is 10.1. The second-order valence-corrected chi connectivity index (χ2v) is 8.17. The SMILES string of the molecule is CCNC(=NCC(C)N1CCCCC1C)NC(C)Cc1c(C)nn(C)c1C. The fourth-order valence-electron chi connectivity index (χ4n) is 4.13. The molecule has 2 rings (SSSR count). The van der Waals surface area contributed by atoms with Crippen molar-refractivity contribution in [1.29, 1.82) is 0 Å². The number of hydrogen-bond donors (Lipinski definition) is 2. The van der Waals surface area contributed by atoms with Crippen LogP contribution in [0.2, 0.25) is 0 Å². The number of rotatable bonds is 7. The summed E-state index contributed by atoms with van der Waals surface area (Å²) in [4.78, 5) is 7.50. The molecular weight excluding hydrogens is 336 g/mol. The number of aryl methyl sites for hydroxylation is 2. The molecule has 1 fully saturated rings. The second-order valence-electron chi connectivity index (χ2n) is 8.17. The number of piperidine rings is 1. The molecule has 154 valence electrons. The summed E-state index contributed by atoms with van der Waals surface area (Å²) in [5.74, 6) is 0.917. The van der Waals surface area contributed by atoms with Gasteiger partial charge in [-0.1, -0.05) is 6.42 Å². The number of aliphatic imine (C=N–C) groups is 1. The van der Waals surface area contributed by atoms with Gasteiger partial charge in [-0.25, -0.2) is 0 Å². The van der Waals surface area contributed by atoms with Crippen LogP contribution < -0.4 is 10.6 Å². The summed E-state index contributed by atoms with van der Waals surface area (Å²) >= 11 is 0. The molecule has 6 nitrogen and oxygen atoms in total. The van der Waals surface area contributed by atoms with Gasteiger partial charge in [0.1, 0.15) is 0 Å². The predicted octanol–water partition coefficient (Wildman–Crippen LogP) is 2.79. The first-order valence-electron chi connectivity index (χ1n) is 10.6. The largest absolute Gasteiger partial charge is 0.357 e. The zero-order chi connectivity index (χ0) is 20.0. The van der Waals surface area contributed by atoms with Crippen LogP contribution in [0.15, 0.2) is 4.99 Å². The van der Waals surface area contributed by atoms with Crippen molar-refractivity contribution in [3.05, 3.63) is 17.0 Å². The van der Waals surface area contributed by atoms with E-state index >= 15 is 0 Å². The minimum absolute atomic E-state index is 0.300. The Balaban J connectivity index is 1.95. The van der Waals surface area contributed by atoms with Crippen LogP contribution in [-0.4, -0.2) is 58.4 Å². The van der Waals surface area contributed by atoms with E-state index in [9.17, 15) is 0 Å². The summed E-state index contributed by atoms with van der Waals surface area (Å²) in [7, 11) is 2.01. The van der Waals surface area contributed by atoms with E-state index in [1.54, 1.807) is 0 Å². The topological polar surface area (TPSA) is 57.5 Å². The predicted molar refractivity (Wildman–Crippen MR) is 114 cm³/mol. The minimum atomic E-state index is 0.300. The van der Waals surface area contributed by atoms with E-state index in [-0.39, 0.29) is 0 Å². The maximum Gasteiger partial charge on any atom is 0.191 e. The molecule has 1 aliphatic heterocycles. The van der Waals surface area contributed by atoms with E-state index < -0.39 is 0 Å². The molecule has 3 unspecified atom stereocenters. The van der Waals surface area contributed by atoms with E-state index in [2.05, 4.69) is 62.2 Å². The van der Waals surface area contributed by atoms with Gasteiger partial charge in [0.15, 0.2) is 5.96 Å². The smallest absolute Gasteiger partial charge is 0.191 e. The van der Waals surface area contributed by atoms with E-state index in [1.165, 1.54) is 37.1 Å². The first kappa shape index (κ1) is 21.7. The Morgan fingerprint density at radius 1 is 1.30 bits per heavy atom. The third-order valence-corrected chi connectivity index (χ3v) is 5.83. The number of guanidine groups is 1. The van der Waals surface area contributed by atoms with E-state index in [1.807, 2.05) is 11.7 Å². The van der Waals surface area contributed by atoms with Crippen molar-refractivity contribution in [1.82, 2.24) is 25.3 Å². The van der Waals surface area contributed by atoms with Crippen molar-refractivity contribution < 1.29 is 0 Å². The van der Waals surface area contributed by atoms with Gasteiger partial charge in [-0.3, -0.25) is 14.6 Å². The van der Waals surface area contributed by atoms with Crippen LogP contribution in [0.5, 0.6) is 0 Å². The lowest BCUT2D eigenvalue weighted by molar-refractivity contribution is 0.118. The molecule has 1 aliphatic rings. The third-order valence-electron chi connectivity index (χ3n) is 5.83. The lowest BCUT2D eigenvalue weighted by Crippen LogP contribution is -2.46. The Morgan fingerprint density at radius 2 is 2.04 bits per heavy atom. The van der Waals surface area contributed by atoms with Crippen molar-refractivity contribution >= 4 is 5.96 Å². The van der Waals surface area contributed by atoms with Gasteiger partial charge in [-0.15, -0.1) is 0 Å². The number of hydrogen-bond acceptors (Lipinski definition) is 3. The third kappa shape index (κ3) is 5.96. The van der Waals surface area contributed by atoms with Gasteiger partial charge in [0.05, 0.1) is 12.2 Å². The Bertz CT molecular complexity index is 620. The van der Waals surface area contributed by atoms with Gasteiger partial charge in [0.2, 0.25) is 0 Å². The number of likely N-dealkylation sites (tertiary alicyclic amines) is 1. The maximum absolute atomic E-state index is 4.89. The molecule has 1 saturated heterocycles. The summed E-state index contributed by atoms with van der Waals surface area (Å²) in [5, 5.41) is 11.5. The molecule has 0 radical (unpaired) electrons. The lowest BCUT2D eigenvalue weighted by atomic mass is 10.0. The molecule has 0 saturated carbocycles. The Morgan fingerprint density at radius 3 is 2.63 bits per heavy atom. The minimum Gasteiger partial charge on any atom is -0.357 e. The summed E-state index contributed by atoms with van der Waals surface area (Å²) in [5.41, 5.74) is 3.71. The fraction of sp³-hybridized carbons (Fsp3) is 0.810. The van der Waals surface area contributed by atoms with Crippen LogP contribution in [0.4, 0.5) is 0 Å². The molecule has 0 bridgehead atoms. The standard InChI is InChI=1S/C21H40N6/c1-8-22-21(23-14-17(4)27-12-10-9-11-16(27)3)24-15(2)13-20-18(5)25-26(7)19(20)6/h15-17H,8-14H2,1-7H3,(H2,22,23,24). The van der Waals surface area contributed by atoms with Crippen molar-refractivity contribution in [2.75, 3.05) is 19.6 Å². The highest BCUT2D eigenvalue weighted by Gasteiger charge is 2.23. The molecule has 0 aliphatic carbocycles. The molecule has 2 N–H and O–H groups in total. The summed E-state index contributed by atoms with van der Waals surface area (Å²) in [6, 6.07) is 1.46. The van der Waals surface area contributed by atoms with Gasteiger partial charge < -0.3 is 10.6 Å². The van der Waals surface area contributed by atoms with Crippen LogP contribution in [0.25, 0.3) is 0 Å². The number of nitrogens with zero attached hydrogens (tertiary/aromatic N) is 4. The summed E-state index contributed by atoms with van der Waals surface area (Å²) < 4.78 is 1.97. The first-order valence-corrected chi connectivity index (χ1v) is 10.6. The van der Waals surface area contributed by atoms with Gasteiger partial charge in [0.25, 0.3) is 0 Å². The molecule has 3 atom stereocenters. The normalized spacial score (nSPS) is 21.1. The van der Waals surface area contributed by atoms with Crippen LogP contribution >= 0.6 is 0 Å². The van der Waals surface area contributed by atoms with E-state index in [0.29, 0.717) is 18.1 Å². The monoisotopic (exact) mass is 376 g/mol. The maximum atomic E-state index is 4.89. The van der Waals surface area contributed by atoms with Gasteiger partial charge in [-0.05, 0) is 72.9 Å². The highest BCUT2D eigenvalue weighted by molar-refractivity contribution is 5.80. The average molecular weight is 377 g/mol. The van der Waals surface area contributed by atoms with E-state index in [4.69, 9.17) is 4.99 Å². The van der Waals surface area contributed by atoms with Crippen molar-refractivity contribution in [3.63, 3.8) is 0 Å². The molecule has 1 aromatic heterocycles. The Hall–Kier alpha value is -1.56. The average Bonchev–Trinajstić information content (AvgIpc) is 2.86. The molecule has 27 heavy (non-hydrogen) atoms. The molecule has 0 spiro atoms. The van der Waals surface area contributed by atoms with Crippen molar-refractivity contribution in [3.8, 4) is 0 Å². The van der Waals surface area contributed by atoms with Crippen LogP contribution in [0.1, 0.15) is 63.9 Å². The van der Waals surface area contributed by atoms with Crippen LogP contribution in [0.3, 0.4) is 0 Å². The van der Waals surface area contributed by atoms with Gasteiger partial charge >= 0.3 is 0 Å². The molecule has 1 aromatic rings. The summed E-state index contributed by atoms with van der Waals surface area (Å²) in [6.45, 7) is 16.1. The van der Waals surface area contributed by atoms with Crippen molar-refractivity contribution in [2.24, 2.45) is 12.0 Å². The molecule has 0 aromatic carbocycles. The molecular formula is C21H40N6. The molecule has 0 amide bonds. The van der Waals surface area contributed by atoms with Gasteiger partial charge in [-0.2, -0.15) is 5.10 Å². The zero-order valence-corrected chi connectivity index (χ0v) is 18.5. The Labute approximate surface area is 165 Å². The summed E-state index contributed by atoms with van der Waals surface area (Å²) in [6.07, 6.45) is 4.95. The molecule has 6 heteroatoms. The first-order chi connectivity index (χ1) is 12.8. The number of nitrogens with one attached hydrogen (secondary N) is 2. The van der Waals surface area contributed by atoms with Crippen molar-refractivity contribution in [2.45, 2.75) is 85.4 Å². The highest BCUT2D eigenvalue weighted by Crippen LogP contribution is 2.19. The quantitative estimate of drug-likeness (QED) is 0.567. The van der Waals surface area contributed by atoms with E-state index in [0.717, 1.165) is 31.2 Å². The fourth-order valence-corrected chi connectivity index (χ4v) is 4.13. The molecule has 2 heterocycles. The Kier molecular flexibility index (Phi) is 8.14.